The lowest BCUT2D eigenvalue weighted by atomic mass is 9.82. The van der Waals surface area contributed by atoms with Gasteiger partial charge in [-0.15, -0.1) is 0 Å². The minimum absolute atomic E-state index is 0.187. The number of rotatable bonds is 5. The molecule has 3 N–H and O–H groups in total. The highest BCUT2D eigenvalue weighted by Crippen LogP contribution is 2.31. The Morgan fingerprint density at radius 2 is 2.35 bits per heavy atom. The summed E-state index contributed by atoms with van der Waals surface area (Å²) in [6.45, 7) is 6.14. The topological polar surface area (TPSA) is 58.7 Å². The number of ether oxygens (including phenoxy) is 1. The molecule has 0 aromatic heterocycles. The summed E-state index contributed by atoms with van der Waals surface area (Å²) in [6, 6.07) is 0. The fraction of sp³-hybridized carbons (Fsp3) is 1.00. The van der Waals surface area contributed by atoms with Gasteiger partial charge in [0.05, 0.1) is 6.61 Å². The second-order valence-electron chi connectivity index (χ2n) is 5.76. The van der Waals surface area contributed by atoms with Gasteiger partial charge in [-0.25, -0.2) is 0 Å². The van der Waals surface area contributed by atoms with Crippen LogP contribution in [0.25, 0.3) is 0 Å². The van der Waals surface area contributed by atoms with Crippen LogP contribution in [-0.2, 0) is 4.74 Å². The van der Waals surface area contributed by atoms with Crippen molar-refractivity contribution in [2.75, 3.05) is 46.0 Å². The Hall–Kier alpha value is -0.160. The molecule has 0 saturated carbocycles. The van der Waals surface area contributed by atoms with Gasteiger partial charge in [-0.1, -0.05) is 0 Å². The van der Waals surface area contributed by atoms with Gasteiger partial charge in [-0.3, -0.25) is 0 Å². The number of aliphatic hydroxyl groups excluding tert-OH is 1. The molecule has 0 aromatic carbocycles. The van der Waals surface area contributed by atoms with Crippen molar-refractivity contribution >= 4 is 0 Å². The second-order valence-corrected chi connectivity index (χ2v) is 5.76. The third-order valence-electron chi connectivity index (χ3n) is 4.30. The van der Waals surface area contributed by atoms with Gasteiger partial charge >= 0.3 is 0 Å². The van der Waals surface area contributed by atoms with E-state index in [0.29, 0.717) is 12.5 Å². The molecule has 0 amide bonds. The van der Waals surface area contributed by atoms with Crippen LogP contribution < -0.4 is 5.73 Å². The summed E-state index contributed by atoms with van der Waals surface area (Å²) in [7, 11) is 0. The fourth-order valence-corrected chi connectivity index (χ4v) is 3.21. The van der Waals surface area contributed by atoms with Gasteiger partial charge in [0.15, 0.2) is 0 Å². The Labute approximate surface area is 104 Å². The summed E-state index contributed by atoms with van der Waals surface area (Å²) in [6.07, 6.45) is 4.51. The summed E-state index contributed by atoms with van der Waals surface area (Å²) < 4.78 is 5.61. The van der Waals surface area contributed by atoms with E-state index in [1.165, 1.54) is 12.8 Å². The van der Waals surface area contributed by atoms with Gasteiger partial charge in [0.2, 0.25) is 0 Å². The normalized spacial score (nSPS) is 35.3. The number of likely N-dealkylation sites (tertiary alicyclic amines) is 1. The molecule has 4 heteroatoms. The minimum atomic E-state index is 0.187. The summed E-state index contributed by atoms with van der Waals surface area (Å²) in [5.41, 5.74) is 6.15. The molecule has 100 valence electrons. The average Bonchev–Trinajstić information content (AvgIpc) is 2.78. The van der Waals surface area contributed by atoms with Gasteiger partial charge in [-0.05, 0) is 38.1 Å². The van der Waals surface area contributed by atoms with Crippen molar-refractivity contribution in [2.24, 2.45) is 17.1 Å². The van der Waals surface area contributed by atoms with Gasteiger partial charge in [0, 0.05) is 38.3 Å². The average molecular weight is 242 g/mol. The Kier molecular flexibility index (Phi) is 4.79. The Balaban J connectivity index is 1.83. The Morgan fingerprint density at radius 3 is 3.00 bits per heavy atom. The van der Waals surface area contributed by atoms with E-state index in [1.807, 2.05) is 0 Å². The van der Waals surface area contributed by atoms with Crippen molar-refractivity contribution in [3.63, 3.8) is 0 Å². The van der Waals surface area contributed by atoms with Gasteiger partial charge in [0.25, 0.3) is 0 Å². The number of aliphatic hydroxyl groups is 1. The van der Waals surface area contributed by atoms with Crippen molar-refractivity contribution in [1.82, 2.24) is 4.90 Å². The molecule has 2 atom stereocenters. The molecule has 0 aliphatic carbocycles. The van der Waals surface area contributed by atoms with E-state index in [9.17, 15) is 0 Å². The maximum Gasteiger partial charge on any atom is 0.0546 e. The van der Waals surface area contributed by atoms with Crippen LogP contribution in [0.3, 0.4) is 0 Å². The molecule has 0 aromatic rings. The maximum atomic E-state index is 8.97. The molecule has 0 radical (unpaired) electrons. The zero-order chi connectivity index (χ0) is 12.1. The molecule has 2 aliphatic heterocycles. The highest BCUT2D eigenvalue weighted by molar-refractivity contribution is 4.88. The summed E-state index contributed by atoms with van der Waals surface area (Å²) in [5, 5.41) is 8.97. The molecular weight excluding hydrogens is 216 g/mol. The predicted molar refractivity (Wildman–Crippen MR) is 67.8 cm³/mol. The first-order valence-corrected chi connectivity index (χ1v) is 6.89. The van der Waals surface area contributed by atoms with Crippen molar-refractivity contribution in [3.8, 4) is 0 Å². The van der Waals surface area contributed by atoms with E-state index in [0.717, 1.165) is 52.2 Å². The SMILES string of the molecule is NCC1(CN2CCC(CCO)C2)CCCOC1. The zero-order valence-electron chi connectivity index (χ0n) is 10.7. The molecule has 0 bridgehead atoms. The molecule has 2 saturated heterocycles. The molecule has 2 aliphatic rings. The van der Waals surface area contributed by atoms with Crippen LogP contribution in [0.2, 0.25) is 0 Å². The van der Waals surface area contributed by atoms with E-state index < -0.39 is 0 Å². The third-order valence-corrected chi connectivity index (χ3v) is 4.30. The molecule has 4 nitrogen and oxygen atoms in total. The smallest absolute Gasteiger partial charge is 0.0546 e. The first-order valence-electron chi connectivity index (χ1n) is 6.89. The van der Waals surface area contributed by atoms with E-state index in [2.05, 4.69) is 4.90 Å². The predicted octanol–water partition coefficient (Wildman–Crippen LogP) is 0.446. The van der Waals surface area contributed by atoms with Crippen molar-refractivity contribution < 1.29 is 9.84 Å². The number of hydrogen-bond donors (Lipinski definition) is 2. The van der Waals surface area contributed by atoms with E-state index in [-0.39, 0.29) is 5.41 Å². The van der Waals surface area contributed by atoms with Crippen LogP contribution in [0, 0.1) is 11.3 Å². The van der Waals surface area contributed by atoms with E-state index in [4.69, 9.17) is 15.6 Å². The first kappa shape index (κ1) is 13.3. The second kappa shape index (κ2) is 6.14. The Morgan fingerprint density at radius 1 is 1.47 bits per heavy atom. The molecule has 2 unspecified atom stereocenters. The highest BCUT2D eigenvalue weighted by atomic mass is 16.5. The standard InChI is InChI=1S/C13H26N2O2/c14-9-13(4-1-7-17-11-13)10-15-5-2-12(8-15)3-6-16/h12,16H,1-11,14H2. The van der Waals surface area contributed by atoms with Crippen molar-refractivity contribution in [1.29, 1.82) is 0 Å². The van der Waals surface area contributed by atoms with Gasteiger partial charge in [0.1, 0.15) is 0 Å². The minimum Gasteiger partial charge on any atom is -0.396 e. The number of nitrogens with zero attached hydrogens (tertiary/aromatic N) is 1. The monoisotopic (exact) mass is 242 g/mol. The van der Waals surface area contributed by atoms with Crippen LogP contribution >= 0.6 is 0 Å². The molecule has 2 fully saturated rings. The van der Waals surface area contributed by atoms with Crippen LogP contribution in [-0.4, -0.2) is 56.0 Å². The van der Waals surface area contributed by atoms with Crippen LogP contribution in [0.15, 0.2) is 0 Å². The lowest BCUT2D eigenvalue weighted by molar-refractivity contribution is -0.0191. The summed E-state index contributed by atoms with van der Waals surface area (Å²) in [4.78, 5) is 2.52. The molecule has 17 heavy (non-hydrogen) atoms. The highest BCUT2D eigenvalue weighted by Gasteiger charge is 2.35. The van der Waals surface area contributed by atoms with E-state index in [1.54, 1.807) is 0 Å². The molecule has 0 spiro atoms. The van der Waals surface area contributed by atoms with Crippen LogP contribution in [0.5, 0.6) is 0 Å². The lowest BCUT2D eigenvalue weighted by Gasteiger charge is -2.39. The Bertz CT molecular complexity index is 229. The van der Waals surface area contributed by atoms with Gasteiger partial charge < -0.3 is 20.5 Å². The fourth-order valence-electron chi connectivity index (χ4n) is 3.21. The first-order chi connectivity index (χ1) is 8.28. The largest absolute Gasteiger partial charge is 0.396 e. The van der Waals surface area contributed by atoms with Crippen molar-refractivity contribution in [3.05, 3.63) is 0 Å². The lowest BCUT2D eigenvalue weighted by Crippen LogP contribution is -2.47. The van der Waals surface area contributed by atoms with E-state index >= 15 is 0 Å². The number of hydrogen-bond acceptors (Lipinski definition) is 4. The van der Waals surface area contributed by atoms with Crippen molar-refractivity contribution in [2.45, 2.75) is 25.7 Å². The zero-order valence-corrected chi connectivity index (χ0v) is 10.7. The van der Waals surface area contributed by atoms with Crippen LogP contribution in [0.1, 0.15) is 25.7 Å². The summed E-state index contributed by atoms with van der Waals surface area (Å²) >= 11 is 0. The molecule has 2 rings (SSSR count). The maximum absolute atomic E-state index is 8.97. The molecular formula is C13H26N2O2. The van der Waals surface area contributed by atoms with Crippen LogP contribution in [0.4, 0.5) is 0 Å². The quantitative estimate of drug-likeness (QED) is 0.735. The molecule has 2 heterocycles. The summed E-state index contributed by atoms with van der Waals surface area (Å²) in [5.74, 6) is 0.680. The third kappa shape index (κ3) is 3.41. The van der Waals surface area contributed by atoms with Gasteiger partial charge in [-0.2, -0.15) is 0 Å². The number of nitrogens with two attached hydrogens (primary N) is 1.